The Hall–Kier alpha value is -4.27. The summed E-state index contributed by atoms with van der Waals surface area (Å²) < 4.78 is 16.9. The number of rotatable bonds is 4. The summed E-state index contributed by atoms with van der Waals surface area (Å²) >= 11 is 0. The van der Waals surface area contributed by atoms with E-state index in [1.165, 1.54) is 0 Å². The van der Waals surface area contributed by atoms with E-state index in [2.05, 4.69) is 47.3 Å². The first-order valence-electron chi connectivity index (χ1n) is 13.4. The number of H-pyrrole nitrogens is 1. The Bertz CT molecular complexity index is 1630. The number of pyridine rings is 1. The minimum absolute atomic E-state index is 0.0111. The fraction of sp³-hybridized carbons (Fsp3) is 0.387. The standard InChI is InChI=1S/C31H31N3O6/c1-30(2)12-20(35)26-23(14-30)39-24-15-31(3,4)13-21(36)27(24)25(26)17-11-16(9-10-22(17)38-5)18-7-6-8-19(32-18)28-33-29(37)40-34-28/h6-11,25H,12-15H2,1-5H3,(H,33,34,37). The van der Waals surface area contributed by atoms with E-state index in [4.69, 9.17) is 9.47 Å². The second kappa shape index (κ2) is 9.15. The first-order valence-corrected chi connectivity index (χ1v) is 13.4. The molecule has 1 N–H and O–H groups in total. The van der Waals surface area contributed by atoms with Crippen LogP contribution in [0.15, 0.2) is 68.4 Å². The van der Waals surface area contributed by atoms with Gasteiger partial charge in [0.1, 0.15) is 23.0 Å². The van der Waals surface area contributed by atoms with Gasteiger partial charge in [0.25, 0.3) is 0 Å². The van der Waals surface area contributed by atoms with Crippen molar-refractivity contribution in [2.45, 2.75) is 59.3 Å². The molecule has 1 aliphatic heterocycles. The smallest absolute Gasteiger partial charge is 0.439 e. The van der Waals surface area contributed by atoms with Gasteiger partial charge in [-0.3, -0.25) is 19.1 Å². The van der Waals surface area contributed by atoms with Gasteiger partial charge in [-0.1, -0.05) is 38.9 Å². The van der Waals surface area contributed by atoms with Crippen LogP contribution in [-0.2, 0) is 14.3 Å². The van der Waals surface area contributed by atoms with E-state index in [-0.39, 0.29) is 28.2 Å². The van der Waals surface area contributed by atoms with Gasteiger partial charge in [-0.05, 0) is 41.2 Å². The molecule has 0 unspecified atom stereocenters. The Morgan fingerprint density at radius 2 is 1.50 bits per heavy atom. The van der Waals surface area contributed by atoms with Crippen molar-refractivity contribution >= 4 is 11.6 Å². The first-order chi connectivity index (χ1) is 18.9. The summed E-state index contributed by atoms with van der Waals surface area (Å²) in [7, 11) is 1.58. The molecule has 0 amide bonds. The number of Topliss-reactive ketones (excluding diaryl/α,β-unsaturated/α-hetero) is 2. The topological polar surface area (TPSA) is 124 Å². The molecule has 0 saturated heterocycles. The minimum Gasteiger partial charge on any atom is -0.496 e. The van der Waals surface area contributed by atoms with E-state index >= 15 is 0 Å². The van der Waals surface area contributed by atoms with Crippen molar-refractivity contribution in [2.75, 3.05) is 7.11 Å². The predicted molar refractivity (Wildman–Crippen MR) is 146 cm³/mol. The highest BCUT2D eigenvalue weighted by atomic mass is 16.5. The van der Waals surface area contributed by atoms with Crippen molar-refractivity contribution in [1.82, 2.24) is 15.1 Å². The summed E-state index contributed by atoms with van der Waals surface area (Å²) in [6, 6.07) is 11.0. The second-order valence-electron chi connectivity index (χ2n) is 12.4. The van der Waals surface area contributed by atoms with Gasteiger partial charge in [-0.2, -0.15) is 0 Å². The van der Waals surface area contributed by atoms with Crippen LogP contribution in [0.3, 0.4) is 0 Å². The van der Waals surface area contributed by atoms with Gasteiger partial charge in [0.15, 0.2) is 11.6 Å². The van der Waals surface area contributed by atoms with Crippen LogP contribution >= 0.6 is 0 Å². The molecule has 0 bridgehead atoms. The average Bonchev–Trinajstić information content (AvgIpc) is 3.32. The molecule has 9 heteroatoms. The normalized spacial score (nSPS) is 20.2. The fourth-order valence-corrected chi connectivity index (χ4v) is 6.17. The predicted octanol–water partition coefficient (Wildman–Crippen LogP) is 5.50. The number of carbonyl (C=O) groups is 2. The molecule has 3 heterocycles. The van der Waals surface area contributed by atoms with Crippen LogP contribution in [0.1, 0.15) is 64.9 Å². The average molecular weight is 542 g/mol. The molecule has 40 heavy (non-hydrogen) atoms. The SMILES string of the molecule is COc1ccc(-c2cccc(-c3noc(=O)[nH]3)n2)cc1C1C2=C(CC(C)(C)CC2=O)OC2=C1C(=O)CC(C)(C)C2. The van der Waals surface area contributed by atoms with E-state index in [0.29, 0.717) is 71.0 Å². The van der Waals surface area contributed by atoms with Crippen LogP contribution in [-0.4, -0.2) is 33.8 Å². The lowest BCUT2D eigenvalue weighted by molar-refractivity contribution is -0.120. The first kappa shape index (κ1) is 26.0. The largest absolute Gasteiger partial charge is 0.496 e. The summed E-state index contributed by atoms with van der Waals surface area (Å²) in [5.41, 5.74) is 3.13. The van der Waals surface area contributed by atoms with Crippen molar-refractivity contribution in [3.8, 4) is 28.5 Å². The number of ether oxygens (including phenoxy) is 2. The van der Waals surface area contributed by atoms with Gasteiger partial charge in [-0.25, -0.2) is 9.78 Å². The highest BCUT2D eigenvalue weighted by Gasteiger charge is 2.48. The summed E-state index contributed by atoms with van der Waals surface area (Å²) in [5.74, 6) is 0.808. The molecule has 1 aromatic carbocycles. The van der Waals surface area contributed by atoms with Crippen molar-refractivity contribution in [3.05, 3.63) is 75.2 Å². The molecule has 0 saturated carbocycles. The maximum absolute atomic E-state index is 13.7. The number of benzene rings is 1. The van der Waals surface area contributed by atoms with E-state index in [9.17, 15) is 14.4 Å². The van der Waals surface area contributed by atoms with Gasteiger partial charge in [0.2, 0.25) is 5.82 Å². The summed E-state index contributed by atoms with van der Waals surface area (Å²) in [6.07, 6.45) is 1.96. The molecule has 2 aliphatic carbocycles. The zero-order valence-electron chi connectivity index (χ0n) is 23.2. The number of ketones is 2. The Labute approximate surface area is 231 Å². The van der Waals surface area contributed by atoms with Crippen molar-refractivity contribution < 1.29 is 23.6 Å². The lowest BCUT2D eigenvalue weighted by atomic mass is 9.65. The molecule has 0 spiro atoms. The number of carbonyl (C=O) groups excluding carboxylic acids is 2. The van der Waals surface area contributed by atoms with Crippen molar-refractivity contribution in [3.63, 3.8) is 0 Å². The third-order valence-corrected chi connectivity index (χ3v) is 7.85. The van der Waals surface area contributed by atoms with Crippen LogP contribution in [0.4, 0.5) is 0 Å². The fourth-order valence-electron chi connectivity index (χ4n) is 6.17. The summed E-state index contributed by atoms with van der Waals surface area (Å²) in [4.78, 5) is 46.1. The summed E-state index contributed by atoms with van der Waals surface area (Å²) in [5, 5.41) is 3.74. The molecule has 9 nitrogen and oxygen atoms in total. The maximum atomic E-state index is 13.7. The minimum atomic E-state index is -0.665. The molecule has 3 aliphatic rings. The van der Waals surface area contributed by atoms with Gasteiger partial charge in [-0.15, -0.1) is 0 Å². The maximum Gasteiger partial charge on any atom is 0.439 e. The van der Waals surface area contributed by atoms with Gasteiger partial charge in [0.05, 0.1) is 18.7 Å². The van der Waals surface area contributed by atoms with E-state index in [1.54, 1.807) is 13.2 Å². The number of aromatic amines is 1. The molecule has 2 aromatic heterocycles. The quantitative estimate of drug-likeness (QED) is 0.459. The molecule has 0 radical (unpaired) electrons. The zero-order chi connectivity index (χ0) is 28.4. The van der Waals surface area contributed by atoms with Gasteiger partial charge >= 0.3 is 5.76 Å². The highest BCUT2D eigenvalue weighted by Crippen LogP contribution is 2.54. The molecule has 3 aromatic rings. The van der Waals surface area contributed by atoms with Crippen LogP contribution in [0, 0.1) is 10.8 Å². The lowest BCUT2D eigenvalue weighted by Gasteiger charge is -2.43. The van der Waals surface area contributed by atoms with Crippen LogP contribution in [0.25, 0.3) is 22.8 Å². The Morgan fingerprint density at radius 1 is 0.875 bits per heavy atom. The number of allylic oxidation sites excluding steroid dienone is 4. The van der Waals surface area contributed by atoms with E-state index in [1.807, 2.05) is 30.3 Å². The van der Waals surface area contributed by atoms with Crippen LogP contribution in [0.2, 0.25) is 0 Å². The Balaban J connectivity index is 1.54. The number of hydrogen-bond acceptors (Lipinski definition) is 8. The summed E-state index contributed by atoms with van der Waals surface area (Å²) in [6.45, 7) is 8.26. The van der Waals surface area contributed by atoms with E-state index in [0.717, 1.165) is 5.56 Å². The zero-order valence-corrected chi connectivity index (χ0v) is 23.2. The number of hydrogen-bond donors (Lipinski definition) is 1. The third-order valence-electron chi connectivity index (χ3n) is 7.85. The van der Waals surface area contributed by atoms with Crippen molar-refractivity contribution in [2.24, 2.45) is 10.8 Å². The molecular formula is C31H31N3O6. The molecule has 0 fully saturated rings. The second-order valence-corrected chi connectivity index (χ2v) is 12.4. The number of aromatic nitrogens is 3. The molecular weight excluding hydrogens is 510 g/mol. The molecule has 206 valence electrons. The molecule has 6 rings (SSSR count). The van der Waals surface area contributed by atoms with Crippen LogP contribution < -0.4 is 10.5 Å². The van der Waals surface area contributed by atoms with Crippen molar-refractivity contribution in [1.29, 1.82) is 0 Å². The Morgan fingerprint density at radius 3 is 2.08 bits per heavy atom. The third kappa shape index (κ3) is 4.49. The number of nitrogens with zero attached hydrogens (tertiary/aromatic N) is 2. The van der Waals surface area contributed by atoms with E-state index < -0.39 is 11.7 Å². The lowest BCUT2D eigenvalue weighted by Crippen LogP contribution is -2.37. The molecule has 0 atom stereocenters. The highest BCUT2D eigenvalue weighted by molar-refractivity contribution is 6.06. The Kier molecular flexibility index (Phi) is 5.94. The number of nitrogens with one attached hydrogen (secondary N) is 1. The monoisotopic (exact) mass is 541 g/mol. The van der Waals surface area contributed by atoms with Gasteiger partial charge < -0.3 is 9.47 Å². The van der Waals surface area contributed by atoms with Crippen LogP contribution in [0.5, 0.6) is 5.75 Å². The number of methoxy groups -OCH3 is 1. The van der Waals surface area contributed by atoms with Gasteiger partial charge in [0, 0.05) is 48.0 Å².